The summed E-state index contributed by atoms with van der Waals surface area (Å²) in [5.74, 6) is 0.696. The zero-order valence-corrected chi connectivity index (χ0v) is 35.9. The van der Waals surface area contributed by atoms with E-state index in [0.717, 1.165) is 88.5 Å². The molecule has 11 aromatic carbocycles. The molecular weight excluding hydrogens is 799 g/mol. The SMILES string of the molecule is c1ccc(-c2nc3ccccc3c3c(-c4cccc(-c5cccc(-c6cc(-c7cc8ccccc8c8ccccc78)nc(-c7cc8ccccc8c8ccccc78)n6)c5)c4)cccc23)cc1. The minimum absolute atomic E-state index is 0.696. The topological polar surface area (TPSA) is 38.7 Å². The van der Waals surface area contributed by atoms with Crippen LogP contribution in [0.15, 0.2) is 237 Å². The van der Waals surface area contributed by atoms with Crippen molar-refractivity contribution < 1.29 is 0 Å². The fourth-order valence-electron chi connectivity index (χ4n) is 10.1. The molecule has 0 saturated heterocycles. The number of aromatic nitrogens is 3. The maximum Gasteiger partial charge on any atom is 0.161 e. The molecule has 3 nitrogen and oxygen atoms in total. The highest BCUT2D eigenvalue weighted by atomic mass is 14.9. The molecule has 13 aromatic rings. The number of para-hydroxylation sites is 1. The van der Waals surface area contributed by atoms with E-state index < -0.39 is 0 Å². The Bertz CT molecular complexity index is 3920. The van der Waals surface area contributed by atoms with Gasteiger partial charge in [-0.3, -0.25) is 0 Å². The minimum Gasteiger partial charge on any atom is -0.247 e. The number of hydrogen-bond donors (Lipinski definition) is 0. The molecule has 13 rings (SSSR count). The summed E-state index contributed by atoms with van der Waals surface area (Å²) in [6.45, 7) is 0. The predicted octanol–water partition coefficient (Wildman–Crippen LogP) is 16.8. The van der Waals surface area contributed by atoms with Crippen molar-refractivity contribution in [3.05, 3.63) is 237 Å². The second kappa shape index (κ2) is 15.5. The third-order valence-corrected chi connectivity index (χ3v) is 13.2. The summed E-state index contributed by atoms with van der Waals surface area (Å²) >= 11 is 0. The Morgan fingerprint density at radius 3 is 1.44 bits per heavy atom. The van der Waals surface area contributed by atoms with Gasteiger partial charge in [-0.05, 0) is 102 Å². The molecule has 0 unspecified atom stereocenters. The zero-order valence-electron chi connectivity index (χ0n) is 35.9. The van der Waals surface area contributed by atoms with Crippen LogP contribution in [-0.2, 0) is 0 Å². The lowest BCUT2D eigenvalue weighted by atomic mass is 9.91. The Labute approximate surface area is 382 Å². The van der Waals surface area contributed by atoms with E-state index in [2.05, 4.69) is 237 Å². The van der Waals surface area contributed by atoms with Crippen molar-refractivity contribution in [1.82, 2.24) is 15.0 Å². The molecule has 66 heavy (non-hydrogen) atoms. The quantitative estimate of drug-likeness (QED) is 0.157. The van der Waals surface area contributed by atoms with E-state index in [1.807, 2.05) is 0 Å². The van der Waals surface area contributed by atoms with Crippen LogP contribution in [0, 0.1) is 0 Å². The number of nitrogens with zero attached hydrogens (tertiary/aromatic N) is 3. The van der Waals surface area contributed by atoms with Crippen LogP contribution in [0.4, 0.5) is 0 Å². The Kier molecular flexibility index (Phi) is 8.85. The Morgan fingerprint density at radius 2 is 0.727 bits per heavy atom. The Morgan fingerprint density at radius 1 is 0.242 bits per heavy atom. The number of hydrogen-bond acceptors (Lipinski definition) is 3. The van der Waals surface area contributed by atoms with E-state index in [9.17, 15) is 0 Å². The first-order valence-corrected chi connectivity index (χ1v) is 22.5. The van der Waals surface area contributed by atoms with Gasteiger partial charge >= 0.3 is 0 Å². The smallest absolute Gasteiger partial charge is 0.161 e. The summed E-state index contributed by atoms with van der Waals surface area (Å²) in [7, 11) is 0. The van der Waals surface area contributed by atoms with Gasteiger partial charge < -0.3 is 0 Å². The first-order chi connectivity index (χ1) is 32.7. The van der Waals surface area contributed by atoms with Gasteiger partial charge in [0.2, 0.25) is 0 Å². The van der Waals surface area contributed by atoms with E-state index in [0.29, 0.717) is 5.82 Å². The summed E-state index contributed by atoms with van der Waals surface area (Å²) in [5, 5.41) is 12.9. The van der Waals surface area contributed by atoms with E-state index in [-0.39, 0.29) is 0 Å². The molecule has 0 amide bonds. The number of rotatable bonds is 6. The summed E-state index contributed by atoms with van der Waals surface area (Å²) in [6.07, 6.45) is 0. The van der Waals surface area contributed by atoms with Crippen LogP contribution in [-0.4, -0.2) is 15.0 Å². The van der Waals surface area contributed by atoms with Crippen LogP contribution in [0.2, 0.25) is 0 Å². The van der Waals surface area contributed by atoms with Gasteiger partial charge in [0.25, 0.3) is 0 Å². The predicted molar refractivity (Wildman–Crippen MR) is 277 cm³/mol. The molecule has 0 spiro atoms. The van der Waals surface area contributed by atoms with E-state index in [4.69, 9.17) is 15.0 Å². The van der Waals surface area contributed by atoms with Crippen LogP contribution in [0.5, 0.6) is 0 Å². The second-order valence-corrected chi connectivity index (χ2v) is 17.1. The zero-order chi connectivity index (χ0) is 43.6. The highest BCUT2D eigenvalue weighted by Gasteiger charge is 2.19. The molecule has 306 valence electrons. The van der Waals surface area contributed by atoms with Crippen LogP contribution < -0.4 is 0 Å². The first kappa shape index (κ1) is 37.7. The van der Waals surface area contributed by atoms with Crippen molar-refractivity contribution in [2.45, 2.75) is 0 Å². The van der Waals surface area contributed by atoms with Gasteiger partial charge in [-0.25, -0.2) is 15.0 Å². The fraction of sp³-hybridized carbons (Fsp3) is 0. The van der Waals surface area contributed by atoms with Crippen molar-refractivity contribution >= 4 is 64.8 Å². The average Bonchev–Trinajstić information content (AvgIpc) is 3.40. The summed E-state index contributed by atoms with van der Waals surface area (Å²) in [5.41, 5.74) is 12.5. The molecule has 0 aliphatic rings. The molecule has 0 atom stereocenters. The van der Waals surface area contributed by atoms with Gasteiger partial charge in [-0.15, -0.1) is 0 Å². The van der Waals surface area contributed by atoms with Gasteiger partial charge in [0.1, 0.15) is 0 Å². The third-order valence-electron chi connectivity index (χ3n) is 13.2. The van der Waals surface area contributed by atoms with Crippen LogP contribution >= 0.6 is 0 Å². The minimum atomic E-state index is 0.696. The lowest BCUT2D eigenvalue weighted by molar-refractivity contribution is 1.19. The van der Waals surface area contributed by atoms with E-state index >= 15 is 0 Å². The summed E-state index contributed by atoms with van der Waals surface area (Å²) in [4.78, 5) is 16.2. The first-order valence-electron chi connectivity index (χ1n) is 22.5. The maximum absolute atomic E-state index is 5.50. The fourth-order valence-corrected chi connectivity index (χ4v) is 10.1. The lowest BCUT2D eigenvalue weighted by Crippen LogP contribution is -1.98. The highest BCUT2D eigenvalue weighted by Crippen LogP contribution is 2.42. The lowest BCUT2D eigenvalue weighted by Gasteiger charge is -2.16. The molecule has 0 aliphatic heterocycles. The molecule has 0 N–H and O–H groups in total. The van der Waals surface area contributed by atoms with E-state index in [1.54, 1.807) is 0 Å². The highest BCUT2D eigenvalue weighted by molar-refractivity contribution is 6.18. The number of benzene rings is 11. The van der Waals surface area contributed by atoms with Crippen molar-refractivity contribution in [2.24, 2.45) is 0 Å². The number of fused-ring (bicyclic) bond motifs is 9. The molecule has 0 saturated carbocycles. The van der Waals surface area contributed by atoms with Crippen LogP contribution in [0.1, 0.15) is 0 Å². The maximum atomic E-state index is 5.50. The molecule has 3 heteroatoms. The van der Waals surface area contributed by atoms with Crippen LogP contribution in [0.3, 0.4) is 0 Å². The van der Waals surface area contributed by atoms with Gasteiger partial charge in [0.15, 0.2) is 5.82 Å². The van der Waals surface area contributed by atoms with Crippen molar-refractivity contribution in [3.63, 3.8) is 0 Å². The van der Waals surface area contributed by atoms with Gasteiger partial charge in [-0.1, -0.05) is 200 Å². The molecule has 0 bridgehead atoms. The second-order valence-electron chi connectivity index (χ2n) is 17.1. The van der Waals surface area contributed by atoms with Crippen molar-refractivity contribution in [1.29, 1.82) is 0 Å². The van der Waals surface area contributed by atoms with Crippen LogP contribution in [0.25, 0.3) is 132 Å². The number of pyridine rings is 1. The van der Waals surface area contributed by atoms with Crippen molar-refractivity contribution in [2.75, 3.05) is 0 Å². The molecular formula is C63H39N3. The average molecular weight is 838 g/mol. The molecule has 2 heterocycles. The third kappa shape index (κ3) is 6.32. The monoisotopic (exact) mass is 837 g/mol. The van der Waals surface area contributed by atoms with Crippen molar-refractivity contribution in [3.8, 4) is 67.4 Å². The summed E-state index contributed by atoms with van der Waals surface area (Å²) in [6, 6.07) is 84.7. The standard InChI is InChI=1S/C63H39N3/c1-2-17-40(18-3-1)62-55-33-16-32-49(61(55)54-31-12-13-34-58(54)64-62)43-23-14-21-41(35-43)42-22-15-24-46(36-42)59-39-60(56-37-44-19-4-6-25-47(44)50-27-8-10-29-52(50)56)66-63(65-59)57-38-45-20-5-7-26-48(45)51-28-9-11-30-53(51)57/h1-39H. The van der Waals surface area contributed by atoms with Gasteiger partial charge in [-0.2, -0.15) is 0 Å². The molecule has 0 fully saturated rings. The van der Waals surface area contributed by atoms with Gasteiger partial charge in [0.05, 0.1) is 22.6 Å². The normalized spacial score (nSPS) is 11.6. The molecule has 0 radical (unpaired) electrons. The Balaban J connectivity index is 0.998. The molecule has 0 aliphatic carbocycles. The largest absolute Gasteiger partial charge is 0.247 e. The molecule has 2 aromatic heterocycles. The van der Waals surface area contributed by atoms with Gasteiger partial charge in [0, 0.05) is 38.4 Å². The Hall–Kier alpha value is -8.79. The summed E-state index contributed by atoms with van der Waals surface area (Å²) < 4.78 is 0. The van der Waals surface area contributed by atoms with E-state index in [1.165, 1.54) is 37.9 Å².